The molecule has 0 radical (unpaired) electrons. The summed E-state index contributed by atoms with van der Waals surface area (Å²) < 4.78 is 1.07. The fourth-order valence-corrected chi connectivity index (χ4v) is 1.59. The third kappa shape index (κ3) is 1.31. The first-order chi connectivity index (χ1) is 5.36. The van der Waals surface area contributed by atoms with Crippen LogP contribution in [0, 0.1) is 0 Å². The molecule has 0 bridgehead atoms. The molecule has 11 heavy (non-hydrogen) atoms. The topological polar surface area (TPSA) is 12.0 Å². The van der Waals surface area contributed by atoms with Gasteiger partial charge in [-0.3, -0.25) is 0 Å². The number of benzene rings is 1. The van der Waals surface area contributed by atoms with Crippen molar-refractivity contribution in [1.82, 2.24) is 5.32 Å². The normalized spacial score (nSPS) is 14.8. The van der Waals surface area contributed by atoms with Crippen LogP contribution in [0.25, 0.3) is 6.08 Å². The van der Waals surface area contributed by atoms with Gasteiger partial charge in [0.15, 0.2) is 0 Å². The van der Waals surface area contributed by atoms with Gasteiger partial charge in [-0.25, -0.2) is 0 Å². The van der Waals surface area contributed by atoms with Gasteiger partial charge >= 0.3 is 0 Å². The second-order valence-corrected chi connectivity index (χ2v) is 3.40. The van der Waals surface area contributed by atoms with E-state index >= 15 is 0 Å². The Kier molecular flexibility index (Phi) is 1.70. The lowest BCUT2D eigenvalue weighted by Crippen LogP contribution is -2.13. The molecule has 2 rings (SSSR count). The molecule has 0 spiro atoms. The van der Waals surface area contributed by atoms with Crippen molar-refractivity contribution in [3.63, 3.8) is 0 Å². The molecule has 56 valence electrons. The van der Waals surface area contributed by atoms with Gasteiger partial charge in [-0.2, -0.15) is 0 Å². The van der Waals surface area contributed by atoms with Gasteiger partial charge in [-0.1, -0.05) is 24.3 Å². The lowest BCUT2D eigenvalue weighted by atomic mass is 10.1. The summed E-state index contributed by atoms with van der Waals surface area (Å²) in [5.41, 5.74) is 2.66. The van der Waals surface area contributed by atoms with Gasteiger partial charge in [-0.05, 0) is 33.1 Å². The van der Waals surface area contributed by atoms with Crippen molar-refractivity contribution >= 4 is 22.0 Å². The smallest absolute Gasteiger partial charge is 0.0788 e. The Bertz CT molecular complexity index is 304. The van der Waals surface area contributed by atoms with E-state index in [1.165, 1.54) is 11.1 Å². The highest BCUT2D eigenvalue weighted by Crippen LogP contribution is 2.19. The van der Waals surface area contributed by atoms with Crippen LogP contribution < -0.4 is 5.32 Å². The van der Waals surface area contributed by atoms with Crippen LogP contribution in [0.4, 0.5) is 0 Å². The Morgan fingerprint density at radius 2 is 2.09 bits per heavy atom. The Morgan fingerprint density at radius 3 is 3.00 bits per heavy atom. The summed E-state index contributed by atoms with van der Waals surface area (Å²) in [5, 5.41) is 3.22. The summed E-state index contributed by atoms with van der Waals surface area (Å²) in [7, 11) is 0. The van der Waals surface area contributed by atoms with Crippen LogP contribution >= 0.6 is 15.9 Å². The fourth-order valence-electron chi connectivity index (χ4n) is 1.20. The maximum absolute atomic E-state index is 3.41. The molecule has 1 aromatic carbocycles. The molecule has 1 aromatic rings. The lowest BCUT2D eigenvalue weighted by Gasteiger charge is -2.14. The second kappa shape index (κ2) is 2.70. The summed E-state index contributed by atoms with van der Waals surface area (Å²) in [6.45, 7) is 0.924. The predicted octanol–water partition coefficient (Wildman–Crippen LogP) is 2.48. The van der Waals surface area contributed by atoms with Crippen LogP contribution in [0.5, 0.6) is 0 Å². The molecule has 0 unspecified atom stereocenters. The van der Waals surface area contributed by atoms with Crippen molar-refractivity contribution in [2.24, 2.45) is 0 Å². The quantitative estimate of drug-likeness (QED) is 0.648. The third-order valence-electron chi connectivity index (χ3n) is 1.79. The first-order valence-electron chi connectivity index (χ1n) is 3.55. The minimum atomic E-state index is 0.924. The molecule has 0 saturated carbocycles. The Hall–Kier alpha value is -0.760. The Labute approximate surface area is 74.2 Å². The fraction of sp³-hybridized carbons (Fsp3) is 0.111. The van der Waals surface area contributed by atoms with E-state index in [0.717, 1.165) is 11.2 Å². The van der Waals surface area contributed by atoms with E-state index in [2.05, 4.69) is 51.6 Å². The Morgan fingerprint density at radius 1 is 1.27 bits per heavy atom. The molecule has 0 aliphatic carbocycles. The minimum Gasteiger partial charge on any atom is -0.375 e. The van der Waals surface area contributed by atoms with Crippen molar-refractivity contribution in [3.8, 4) is 0 Å². The van der Waals surface area contributed by atoms with Crippen LogP contribution in [0.2, 0.25) is 0 Å². The van der Waals surface area contributed by atoms with Crippen LogP contribution in [0.3, 0.4) is 0 Å². The number of fused-ring (bicyclic) bond motifs is 1. The largest absolute Gasteiger partial charge is 0.375 e. The van der Waals surface area contributed by atoms with Gasteiger partial charge in [0.05, 0.1) is 4.61 Å². The van der Waals surface area contributed by atoms with Crippen molar-refractivity contribution in [2.45, 2.75) is 6.54 Å². The zero-order chi connectivity index (χ0) is 7.68. The number of hydrogen-bond donors (Lipinski definition) is 1. The predicted molar refractivity (Wildman–Crippen MR) is 50.2 cm³/mol. The molecule has 0 amide bonds. The van der Waals surface area contributed by atoms with Gasteiger partial charge in [-0.15, -0.1) is 0 Å². The number of hydrogen-bond acceptors (Lipinski definition) is 1. The first-order valence-corrected chi connectivity index (χ1v) is 4.34. The van der Waals surface area contributed by atoms with Crippen LogP contribution in [0.1, 0.15) is 11.1 Å². The maximum atomic E-state index is 3.41. The third-order valence-corrected chi connectivity index (χ3v) is 2.29. The monoisotopic (exact) mass is 209 g/mol. The molecule has 0 atom stereocenters. The molecule has 0 saturated heterocycles. The summed E-state index contributed by atoms with van der Waals surface area (Å²) in [6, 6.07) is 8.38. The van der Waals surface area contributed by atoms with Crippen molar-refractivity contribution in [1.29, 1.82) is 0 Å². The number of rotatable bonds is 0. The van der Waals surface area contributed by atoms with E-state index in [9.17, 15) is 0 Å². The van der Waals surface area contributed by atoms with Crippen LogP contribution in [-0.2, 0) is 6.54 Å². The molecule has 1 nitrogen and oxygen atoms in total. The zero-order valence-electron chi connectivity index (χ0n) is 5.97. The number of nitrogens with one attached hydrogen (secondary N) is 1. The SMILES string of the molecule is BrC1=Cc2ccccc2CN1. The van der Waals surface area contributed by atoms with Crippen LogP contribution in [0.15, 0.2) is 28.9 Å². The molecule has 1 heterocycles. The average molecular weight is 210 g/mol. The van der Waals surface area contributed by atoms with Crippen molar-refractivity contribution < 1.29 is 0 Å². The van der Waals surface area contributed by atoms with Crippen molar-refractivity contribution in [2.75, 3.05) is 0 Å². The molecule has 1 N–H and O–H groups in total. The van der Waals surface area contributed by atoms with Gasteiger partial charge in [0, 0.05) is 6.54 Å². The van der Waals surface area contributed by atoms with E-state index in [1.54, 1.807) is 0 Å². The van der Waals surface area contributed by atoms with Crippen LogP contribution in [-0.4, -0.2) is 0 Å². The summed E-state index contributed by atoms with van der Waals surface area (Å²) in [4.78, 5) is 0. The van der Waals surface area contributed by atoms with Gasteiger partial charge in [0.1, 0.15) is 0 Å². The highest BCUT2D eigenvalue weighted by atomic mass is 79.9. The molecule has 0 fully saturated rings. The van der Waals surface area contributed by atoms with Gasteiger partial charge in [0.25, 0.3) is 0 Å². The summed E-state index contributed by atoms with van der Waals surface area (Å²) >= 11 is 3.41. The van der Waals surface area contributed by atoms with E-state index in [0.29, 0.717) is 0 Å². The van der Waals surface area contributed by atoms with Gasteiger partial charge < -0.3 is 5.32 Å². The second-order valence-electron chi connectivity index (χ2n) is 2.54. The molecule has 0 aromatic heterocycles. The summed E-state index contributed by atoms with van der Waals surface area (Å²) in [5.74, 6) is 0. The van der Waals surface area contributed by atoms with E-state index in [-0.39, 0.29) is 0 Å². The molecule has 1 aliphatic heterocycles. The highest BCUT2D eigenvalue weighted by molar-refractivity contribution is 9.11. The number of halogens is 1. The zero-order valence-corrected chi connectivity index (χ0v) is 7.56. The molecule has 1 aliphatic rings. The minimum absolute atomic E-state index is 0.924. The lowest BCUT2D eigenvalue weighted by molar-refractivity contribution is 0.849. The van der Waals surface area contributed by atoms with E-state index in [1.807, 2.05) is 0 Å². The average Bonchev–Trinajstić information content (AvgIpc) is 2.04. The standard InChI is InChI=1S/C9H8BrN/c10-9-5-7-3-1-2-4-8(7)6-11-9/h1-5,11H,6H2. The van der Waals surface area contributed by atoms with Gasteiger partial charge in [0.2, 0.25) is 0 Å². The van der Waals surface area contributed by atoms with E-state index < -0.39 is 0 Å². The molecular weight excluding hydrogens is 202 g/mol. The molecular formula is C9H8BrN. The highest BCUT2D eigenvalue weighted by Gasteiger charge is 2.04. The maximum Gasteiger partial charge on any atom is 0.0788 e. The van der Waals surface area contributed by atoms with Crippen molar-refractivity contribution in [3.05, 3.63) is 40.0 Å². The first kappa shape index (κ1) is 6.92. The Balaban J connectivity index is 2.51. The van der Waals surface area contributed by atoms with E-state index in [4.69, 9.17) is 0 Å². The summed E-state index contributed by atoms with van der Waals surface area (Å²) in [6.07, 6.45) is 2.10. The molecule has 2 heteroatoms.